The molecule has 1 rings (SSSR count). The summed E-state index contributed by atoms with van der Waals surface area (Å²) in [7, 11) is -3.65. The van der Waals surface area contributed by atoms with Gasteiger partial charge in [0.2, 0.25) is 0 Å². The number of carbonyl (C=O) groups excluding carboxylic acids is 3. The largest absolute Gasteiger partial charge is 0.482 e. The molecule has 1 aromatic carbocycles. The van der Waals surface area contributed by atoms with E-state index in [1.807, 2.05) is 26.8 Å². The van der Waals surface area contributed by atoms with E-state index in [-0.39, 0.29) is 31.5 Å². The van der Waals surface area contributed by atoms with Crippen LogP contribution < -0.4 is 4.74 Å². The second-order valence-electron chi connectivity index (χ2n) is 10.3. The molecule has 0 spiro atoms. The van der Waals surface area contributed by atoms with Crippen molar-refractivity contribution in [3.8, 4) is 5.75 Å². The maximum atomic E-state index is 13.3. The second kappa shape index (κ2) is 15.7. The van der Waals surface area contributed by atoms with Crippen molar-refractivity contribution in [1.82, 2.24) is 0 Å². The Hall–Kier alpha value is -2.62. The van der Waals surface area contributed by atoms with Gasteiger partial charge < -0.3 is 18.9 Å². The number of hydrogen-bond donors (Lipinski definition) is 0. The SMILES string of the molecule is CCCCOC(=O)C(C)(CCCC(C)(C)CS(=O)(=O)CC(=O)OCC)c1cccc(OCC(=O)OCC)c1. The predicted octanol–water partition coefficient (Wildman–Crippen LogP) is 4.40. The highest BCUT2D eigenvalue weighted by Gasteiger charge is 2.38. The van der Waals surface area contributed by atoms with Gasteiger partial charge in [0.25, 0.3) is 0 Å². The minimum atomic E-state index is -3.65. The molecule has 1 unspecified atom stereocenters. The average Bonchev–Trinajstić information content (AvgIpc) is 2.82. The van der Waals surface area contributed by atoms with Crippen molar-refractivity contribution in [2.75, 3.05) is 37.9 Å². The number of benzene rings is 1. The van der Waals surface area contributed by atoms with Crippen molar-refractivity contribution >= 4 is 27.7 Å². The Morgan fingerprint density at radius 3 is 2.16 bits per heavy atom. The van der Waals surface area contributed by atoms with E-state index in [2.05, 4.69) is 0 Å². The van der Waals surface area contributed by atoms with Crippen molar-refractivity contribution in [3.05, 3.63) is 29.8 Å². The van der Waals surface area contributed by atoms with E-state index in [4.69, 9.17) is 18.9 Å². The molecule has 0 aliphatic heterocycles. The summed E-state index contributed by atoms with van der Waals surface area (Å²) in [6.45, 7) is 11.2. The van der Waals surface area contributed by atoms with Crippen LogP contribution in [-0.4, -0.2) is 64.3 Å². The summed E-state index contributed by atoms with van der Waals surface area (Å²) in [5.41, 5.74) is -0.965. The third-order valence-electron chi connectivity index (χ3n) is 6.10. The Labute approximate surface area is 227 Å². The number of ether oxygens (including phenoxy) is 4. The molecule has 0 saturated heterocycles. The number of esters is 3. The predicted molar refractivity (Wildman–Crippen MR) is 145 cm³/mol. The van der Waals surface area contributed by atoms with Crippen LogP contribution in [0.15, 0.2) is 24.3 Å². The van der Waals surface area contributed by atoms with E-state index in [9.17, 15) is 22.8 Å². The van der Waals surface area contributed by atoms with Gasteiger partial charge in [-0.05, 0) is 63.1 Å². The summed E-state index contributed by atoms with van der Waals surface area (Å²) in [5, 5.41) is 0. The van der Waals surface area contributed by atoms with Crippen LogP contribution in [0.1, 0.15) is 79.2 Å². The van der Waals surface area contributed by atoms with Gasteiger partial charge in [-0.3, -0.25) is 9.59 Å². The molecule has 0 amide bonds. The zero-order valence-electron chi connectivity index (χ0n) is 23.7. The van der Waals surface area contributed by atoms with Gasteiger partial charge in [-0.2, -0.15) is 0 Å². The summed E-state index contributed by atoms with van der Waals surface area (Å²) in [4.78, 5) is 36.7. The van der Waals surface area contributed by atoms with Gasteiger partial charge in [0, 0.05) is 0 Å². The lowest BCUT2D eigenvalue weighted by atomic mass is 9.76. The summed E-state index contributed by atoms with van der Waals surface area (Å²) < 4.78 is 45.9. The molecule has 0 aliphatic carbocycles. The number of rotatable bonds is 18. The Morgan fingerprint density at radius 1 is 0.868 bits per heavy atom. The Morgan fingerprint density at radius 2 is 1.53 bits per heavy atom. The monoisotopic (exact) mass is 556 g/mol. The second-order valence-corrected chi connectivity index (χ2v) is 12.4. The first-order valence-corrected chi connectivity index (χ1v) is 15.0. The van der Waals surface area contributed by atoms with Crippen LogP contribution in [0, 0.1) is 5.41 Å². The summed E-state index contributed by atoms with van der Waals surface area (Å²) in [6.07, 6.45) is 3.08. The fraction of sp³-hybridized carbons (Fsp3) is 0.679. The van der Waals surface area contributed by atoms with Gasteiger partial charge >= 0.3 is 17.9 Å². The first kappa shape index (κ1) is 33.4. The average molecular weight is 557 g/mol. The molecule has 0 radical (unpaired) electrons. The van der Waals surface area contributed by atoms with E-state index in [1.165, 1.54) is 0 Å². The fourth-order valence-corrected chi connectivity index (χ4v) is 6.01. The zero-order chi connectivity index (χ0) is 28.8. The van der Waals surface area contributed by atoms with Gasteiger partial charge in [-0.25, -0.2) is 13.2 Å². The van der Waals surface area contributed by atoms with Crippen LogP contribution in [0.3, 0.4) is 0 Å². The van der Waals surface area contributed by atoms with Crippen LogP contribution in [0.2, 0.25) is 0 Å². The topological polar surface area (TPSA) is 122 Å². The van der Waals surface area contributed by atoms with E-state index in [0.717, 1.165) is 12.8 Å². The minimum absolute atomic E-state index is 0.125. The highest BCUT2D eigenvalue weighted by Crippen LogP contribution is 2.36. The molecule has 10 heteroatoms. The lowest BCUT2D eigenvalue weighted by Crippen LogP contribution is -2.35. The minimum Gasteiger partial charge on any atom is -0.482 e. The van der Waals surface area contributed by atoms with Gasteiger partial charge in [0.15, 0.2) is 16.4 Å². The van der Waals surface area contributed by atoms with Crippen LogP contribution in [-0.2, 0) is 43.8 Å². The van der Waals surface area contributed by atoms with Gasteiger partial charge in [0.05, 0.1) is 31.0 Å². The van der Waals surface area contributed by atoms with Crippen molar-refractivity contribution in [1.29, 1.82) is 0 Å². The molecule has 1 aromatic rings. The van der Waals surface area contributed by atoms with Crippen LogP contribution >= 0.6 is 0 Å². The van der Waals surface area contributed by atoms with Crippen molar-refractivity contribution in [3.63, 3.8) is 0 Å². The molecule has 0 aliphatic rings. The molecule has 9 nitrogen and oxygen atoms in total. The van der Waals surface area contributed by atoms with Crippen LogP contribution in [0.25, 0.3) is 0 Å². The lowest BCUT2D eigenvalue weighted by Gasteiger charge is -2.31. The molecule has 0 bridgehead atoms. The number of carbonyl (C=O) groups is 3. The van der Waals surface area contributed by atoms with Crippen LogP contribution in [0.5, 0.6) is 5.75 Å². The molecule has 0 fully saturated rings. The molecule has 216 valence electrons. The number of hydrogen-bond acceptors (Lipinski definition) is 9. The van der Waals surface area contributed by atoms with Crippen molar-refractivity contribution in [2.45, 2.75) is 79.1 Å². The molecular formula is C28H44O9S. The first-order chi connectivity index (χ1) is 17.8. The van der Waals surface area contributed by atoms with E-state index in [0.29, 0.717) is 37.2 Å². The lowest BCUT2D eigenvalue weighted by molar-refractivity contribution is -0.150. The van der Waals surface area contributed by atoms with E-state index >= 15 is 0 Å². The molecule has 1 atom stereocenters. The van der Waals surface area contributed by atoms with Gasteiger partial charge in [-0.1, -0.05) is 45.7 Å². The highest BCUT2D eigenvalue weighted by molar-refractivity contribution is 7.92. The molecule has 38 heavy (non-hydrogen) atoms. The standard InChI is InChI=1S/C28H44O9S/c1-7-10-17-36-26(31)28(6,22-13-11-14-23(18-22)37-19-24(29)34-8-2)16-12-15-27(4,5)21-38(32,33)20-25(30)35-9-3/h11,13-14,18H,7-10,12,15-17,19-21H2,1-6H3. The Balaban J connectivity index is 3.02. The Bertz CT molecular complexity index is 1020. The van der Waals surface area contributed by atoms with Crippen LogP contribution in [0.4, 0.5) is 0 Å². The van der Waals surface area contributed by atoms with Crippen molar-refractivity contribution in [2.24, 2.45) is 5.41 Å². The van der Waals surface area contributed by atoms with E-state index in [1.54, 1.807) is 39.0 Å². The zero-order valence-corrected chi connectivity index (χ0v) is 24.5. The molecule has 0 N–H and O–H groups in total. The number of unbranched alkanes of at least 4 members (excludes halogenated alkanes) is 1. The summed E-state index contributed by atoms with van der Waals surface area (Å²) in [6, 6.07) is 6.98. The smallest absolute Gasteiger partial charge is 0.344 e. The van der Waals surface area contributed by atoms with Crippen molar-refractivity contribution < 1.29 is 41.7 Å². The quantitative estimate of drug-likeness (QED) is 0.147. The fourth-order valence-electron chi connectivity index (χ4n) is 4.13. The normalized spacial score (nSPS) is 13.3. The molecular weight excluding hydrogens is 512 g/mol. The Kier molecular flexibility index (Phi) is 13.8. The maximum absolute atomic E-state index is 13.3. The third kappa shape index (κ3) is 11.8. The highest BCUT2D eigenvalue weighted by atomic mass is 32.2. The van der Waals surface area contributed by atoms with Gasteiger partial charge in [0.1, 0.15) is 11.5 Å². The number of sulfone groups is 1. The molecule has 0 heterocycles. The first-order valence-electron chi connectivity index (χ1n) is 13.2. The molecule has 0 saturated carbocycles. The van der Waals surface area contributed by atoms with E-state index < -0.39 is 38.4 Å². The molecule has 0 aromatic heterocycles. The van der Waals surface area contributed by atoms with Gasteiger partial charge in [-0.15, -0.1) is 0 Å². The summed E-state index contributed by atoms with van der Waals surface area (Å²) >= 11 is 0. The third-order valence-corrected chi connectivity index (χ3v) is 8.00. The maximum Gasteiger partial charge on any atom is 0.344 e. The summed E-state index contributed by atoms with van der Waals surface area (Å²) in [5.74, 6) is -2.01.